The molecule has 2 aromatic carbocycles. The Morgan fingerprint density at radius 3 is 2.58 bits per heavy atom. The van der Waals surface area contributed by atoms with Crippen molar-refractivity contribution in [1.82, 2.24) is 15.3 Å². The maximum absolute atomic E-state index is 14.7. The highest BCUT2D eigenvalue weighted by molar-refractivity contribution is 5.73. The van der Waals surface area contributed by atoms with E-state index in [9.17, 15) is 13.2 Å². The van der Waals surface area contributed by atoms with Crippen LogP contribution in [0, 0.1) is 17.5 Å². The quantitative estimate of drug-likeness (QED) is 0.623. The van der Waals surface area contributed by atoms with E-state index in [1.807, 2.05) is 16.8 Å². The van der Waals surface area contributed by atoms with Crippen molar-refractivity contribution in [1.29, 1.82) is 0 Å². The SMILES string of the molecule is CN1CCOc2c(F)cc(-c3nc(Nc4ccc(N5CCNCC5)c(F)c4)ncc3F)cc21. The van der Waals surface area contributed by atoms with E-state index in [1.54, 1.807) is 18.2 Å². The van der Waals surface area contributed by atoms with Crippen LogP contribution in [0.3, 0.4) is 0 Å². The standard InChI is InChI=1S/C23H23F3N6O/c1-31-8-9-33-22-17(25)10-14(11-20(22)31)21-18(26)13-28-23(30-21)29-15-2-3-19(16(24)12-15)32-6-4-27-5-7-32/h2-3,10-13,27H,4-9H2,1H3,(H,28,29,30). The Hall–Kier alpha value is -3.53. The molecule has 1 fully saturated rings. The number of nitrogens with zero attached hydrogens (tertiary/aromatic N) is 4. The second-order valence-corrected chi connectivity index (χ2v) is 7.99. The van der Waals surface area contributed by atoms with Crippen LogP contribution < -0.4 is 25.2 Å². The smallest absolute Gasteiger partial charge is 0.227 e. The van der Waals surface area contributed by atoms with Gasteiger partial charge in [-0.2, -0.15) is 0 Å². The van der Waals surface area contributed by atoms with Crippen molar-refractivity contribution < 1.29 is 17.9 Å². The van der Waals surface area contributed by atoms with Crippen LogP contribution in [0.15, 0.2) is 36.5 Å². The zero-order chi connectivity index (χ0) is 22.9. The van der Waals surface area contributed by atoms with E-state index in [2.05, 4.69) is 20.6 Å². The van der Waals surface area contributed by atoms with Crippen molar-refractivity contribution in [3.63, 3.8) is 0 Å². The summed E-state index contributed by atoms with van der Waals surface area (Å²) >= 11 is 0. The van der Waals surface area contributed by atoms with Crippen LogP contribution >= 0.6 is 0 Å². The van der Waals surface area contributed by atoms with E-state index >= 15 is 0 Å². The molecule has 0 bridgehead atoms. The van der Waals surface area contributed by atoms with Gasteiger partial charge in [-0.05, 0) is 30.3 Å². The molecular formula is C23H23F3N6O. The third kappa shape index (κ3) is 4.25. The van der Waals surface area contributed by atoms with Crippen LogP contribution in [0.5, 0.6) is 5.75 Å². The number of aromatic nitrogens is 2. The fourth-order valence-corrected chi connectivity index (χ4v) is 4.05. The first kappa shape index (κ1) is 21.3. The Morgan fingerprint density at radius 1 is 0.970 bits per heavy atom. The topological polar surface area (TPSA) is 65.6 Å². The fourth-order valence-electron chi connectivity index (χ4n) is 4.05. The minimum Gasteiger partial charge on any atom is -0.486 e. The van der Waals surface area contributed by atoms with Crippen molar-refractivity contribution in [2.75, 3.05) is 61.5 Å². The molecule has 10 heteroatoms. The normalized spacial score (nSPS) is 15.8. The maximum atomic E-state index is 14.7. The summed E-state index contributed by atoms with van der Waals surface area (Å²) in [6, 6.07) is 7.60. The van der Waals surface area contributed by atoms with Gasteiger partial charge in [0.05, 0.1) is 24.1 Å². The number of hydrogen-bond donors (Lipinski definition) is 2. The van der Waals surface area contributed by atoms with E-state index in [0.717, 1.165) is 32.4 Å². The van der Waals surface area contributed by atoms with Gasteiger partial charge in [-0.15, -0.1) is 0 Å². The Morgan fingerprint density at radius 2 is 1.79 bits per heavy atom. The largest absolute Gasteiger partial charge is 0.486 e. The zero-order valence-corrected chi connectivity index (χ0v) is 18.0. The first-order valence-electron chi connectivity index (χ1n) is 10.7. The zero-order valence-electron chi connectivity index (χ0n) is 18.0. The molecule has 0 amide bonds. The summed E-state index contributed by atoms with van der Waals surface area (Å²) < 4.78 is 49.4. The number of ether oxygens (including phenoxy) is 1. The monoisotopic (exact) mass is 456 g/mol. The molecular weight excluding hydrogens is 433 g/mol. The van der Waals surface area contributed by atoms with Crippen molar-refractivity contribution in [3.8, 4) is 17.0 Å². The van der Waals surface area contributed by atoms with Crippen LogP contribution in [-0.4, -0.2) is 56.3 Å². The first-order chi connectivity index (χ1) is 16.0. The van der Waals surface area contributed by atoms with Gasteiger partial charge in [0.1, 0.15) is 18.1 Å². The Balaban J connectivity index is 1.42. The molecule has 0 spiro atoms. The van der Waals surface area contributed by atoms with Crippen molar-refractivity contribution in [2.24, 2.45) is 0 Å². The Labute approximate surface area is 189 Å². The number of rotatable bonds is 4. The number of anilines is 4. The molecule has 5 rings (SSSR count). The van der Waals surface area contributed by atoms with Gasteiger partial charge in [-0.3, -0.25) is 0 Å². The van der Waals surface area contributed by atoms with E-state index in [4.69, 9.17) is 4.74 Å². The number of benzene rings is 2. The molecule has 0 saturated carbocycles. The molecule has 1 aromatic heterocycles. The first-order valence-corrected chi connectivity index (χ1v) is 10.7. The van der Waals surface area contributed by atoms with Crippen LogP contribution in [0.1, 0.15) is 0 Å². The van der Waals surface area contributed by atoms with Gasteiger partial charge in [0.15, 0.2) is 17.4 Å². The lowest BCUT2D eigenvalue weighted by atomic mass is 10.1. The summed E-state index contributed by atoms with van der Waals surface area (Å²) in [6.45, 7) is 4.02. The van der Waals surface area contributed by atoms with Gasteiger partial charge < -0.3 is 25.2 Å². The summed E-state index contributed by atoms with van der Waals surface area (Å²) in [5.41, 5.74) is 1.67. The molecule has 33 heavy (non-hydrogen) atoms. The van der Waals surface area contributed by atoms with E-state index in [1.165, 1.54) is 12.1 Å². The van der Waals surface area contributed by atoms with Crippen molar-refractivity contribution in [2.45, 2.75) is 0 Å². The third-order valence-corrected chi connectivity index (χ3v) is 5.79. The van der Waals surface area contributed by atoms with Crippen LogP contribution in [0.4, 0.5) is 36.2 Å². The molecule has 3 aromatic rings. The molecule has 172 valence electrons. The number of piperazine rings is 1. The minimum atomic E-state index is -0.695. The molecule has 2 N–H and O–H groups in total. The molecule has 2 aliphatic rings. The number of fused-ring (bicyclic) bond motifs is 1. The summed E-state index contributed by atoms with van der Waals surface area (Å²) in [7, 11) is 1.81. The molecule has 0 unspecified atom stereocenters. The van der Waals surface area contributed by atoms with Gasteiger partial charge in [-0.25, -0.2) is 23.1 Å². The van der Waals surface area contributed by atoms with Crippen LogP contribution in [0.2, 0.25) is 0 Å². The van der Waals surface area contributed by atoms with Crippen LogP contribution in [-0.2, 0) is 0 Å². The fraction of sp³-hybridized carbons (Fsp3) is 0.304. The van der Waals surface area contributed by atoms with Gasteiger partial charge in [-0.1, -0.05) is 0 Å². The van der Waals surface area contributed by atoms with Gasteiger partial charge in [0.2, 0.25) is 5.95 Å². The summed E-state index contributed by atoms with van der Waals surface area (Å²) in [5.74, 6) is -1.44. The molecule has 7 nitrogen and oxygen atoms in total. The Bertz CT molecular complexity index is 1190. The second kappa shape index (κ2) is 8.78. The molecule has 0 aliphatic carbocycles. The molecule has 3 heterocycles. The summed E-state index contributed by atoms with van der Waals surface area (Å²) in [4.78, 5) is 12.0. The average molecular weight is 456 g/mol. The highest BCUT2D eigenvalue weighted by Crippen LogP contribution is 2.38. The number of hydrogen-bond acceptors (Lipinski definition) is 7. The van der Waals surface area contributed by atoms with Gasteiger partial charge in [0, 0.05) is 44.5 Å². The van der Waals surface area contributed by atoms with Crippen molar-refractivity contribution in [3.05, 3.63) is 54.0 Å². The lowest BCUT2D eigenvalue weighted by Gasteiger charge is -2.29. The lowest BCUT2D eigenvalue weighted by molar-refractivity contribution is 0.295. The molecule has 1 saturated heterocycles. The van der Waals surface area contributed by atoms with Gasteiger partial charge >= 0.3 is 0 Å². The predicted octanol–water partition coefficient (Wildman–Crippen LogP) is 3.54. The summed E-state index contributed by atoms with van der Waals surface area (Å²) in [5, 5.41) is 6.15. The highest BCUT2D eigenvalue weighted by atomic mass is 19.1. The number of halogens is 3. The number of likely N-dealkylation sites (N-methyl/N-ethyl adjacent to an activating group) is 1. The minimum absolute atomic E-state index is 0.0638. The predicted molar refractivity (Wildman–Crippen MR) is 121 cm³/mol. The summed E-state index contributed by atoms with van der Waals surface area (Å²) in [6.07, 6.45) is 1.01. The van der Waals surface area contributed by atoms with E-state index in [-0.39, 0.29) is 28.8 Å². The number of nitrogens with one attached hydrogen (secondary N) is 2. The molecule has 0 atom stereocenters. The third-order valence-electron chi connectivity index (χ3n) is 5.79. The van der Waals surface area contributed by atoms with Crippen LogP contribution in [0.25, 0.3) is 11.3 Å². The highest BCUT2D eigenvalue weighted by Gasteiger charge is 2.22. The average Bonchev–Trinajstić information content (AvgIpc) is 2.81. The van der Waals surface area contributed by atoms with E-state index < -0.39 is 11.6 Å². The van der Waals surface area contributed by atoms with Gasteiger partial charge in [0.25, 0.3) is 0 Å². The molecule has 2 aliphatic heterocycles. The van der Waals surface area contributed by atoms with E-state index in [0.29, 0.717) is 30.2 Å². The Kier molecular flexibility index (Phi) is 5.67. The molecule has 0 radical (unpaired) electrons. The van der Waals surface area contributed by atoms with Crippen molar-refractivity contribution >= 4 is 23.0 Å². The lowest BCUT2D eigenvalue weighted by Crippen LogP contribution is -2.43. The second-order valence-electron chi connectivity index (χ2n) is 7.99. The maximum Gasteiger partial charge on any atom is 0.227 e.